The Balaban J connectivity index is 0.000000201. The molecule has 0 spiro atoms. The zero-order valence-corrected chi connectivity index (χ0v) is 78.0. The van der Waals surface area contributed by atoms with Gasteiger partial charge in [0.05, 0.1) is 106 Å². The maximum atomic E-state index is 13.4. The molecule has 10 N–H and O–H groups in total. The number of furan rings is 7. The number of hydrazone groups is 7. The molecule has 6 aromatic carbocycles. The standard InChI is InChI=1S/C16H17N3O5.C15H15N3O3.C14H13ClN2O3.C14H11FN4O5.C13H12N2O2.C12H9BrN2O2.C12H10N2O2S/c1-22-13-6-5-11(8-14(13)23-2)16(21)17-10-15(20)19-18-9-12-4-3-7-24-12;1-10-6-7-14(21-10)9-16-18-15(20)12-4-3-5-13(8-12)17-11(2)19;1-10-5-6-13(20-10)8-16-17-14(18)9-19-12-4-2-3-11(15)7-12;15-11-4-2-1-3-10(11)14(21)16-8-12(20)18-17-7-9-5-6-13(24-9)19(22)23;1-10-4-6-11(7-5-10)13(16)15-14-9-12-3-2-8-17-12;13-10-4-1-3-9(7-10)12(16)15-14-8-11-5-2-6-17-11;15-12(11-6-3-9-17-11)14-13-7-1-4-10-5-2-8-16-10/h3-9H,10H2,1-2H3,(H,17,21)(H,19,20);3-9H,1-2H3,(H,17,19)(H,18,20);2-8H,9H2,1H3,(H,17,18);1-7H,8H2,(H,16,21)(H,18,20);2-9H,1H3,(H,15,16);1-8H,(H,15,16);1-9H,(H,14,15)/b18-9+;16-9+;16-8+;17-7+;14-9-;14-8+;4-1-,13-7+. The molecule has 720 valence electrons. The molecular formula is C96H87BrClFN18O22S. The molecule has 0 unspecified atom stereocenters. The first-order valence-electron chi connectivity index (χ1n) is 40.8. The molecule has 140 heavy (non-hydrogen) atoms. The van der Waals surface area contributed by atoms with Gasteiger partial charge in [0.25, 0.3) is 53.2 Å². The molecule has 8 aromatic heterocycles. The number of hydrogen-bond acceptors (Lipinski definition) is 30. The maximum absolute atomic E-state index is 13.4. The Labute approximate surface area is 813 Å². The molecular weight excluding hydrogens is 1920 g/mol. The van der Waals surface area contributed by atoms with Gasteiger partial charge in [0.15, 0.2) is 23.9 Å². The quantitative estimate of drug-likeness (QED) is 0.0106. The van der Waals surface area contributed by atoms with Crippen LogP contribution in [-0.2, 0) is 19.2 Å². The number of rotatable bonds is 32. The molecule has 0 radical (unpaired) electrons. The van der Waals surface area contributed by atoms with Crippen LogP contribution in [-0.4, -0.2) is 141 Å². The van der Waals surface area contributed by atoms with Gasteiger partial charge in [0.2, 0.25) is 5.91 Å². The van der Waals surface area contributed by atoms with Crippen molar-refractivity contribution >= 4 is 159 Å². The number of nitrogens with one attached hydrogen (secondary N) is 10. The van der Waals surface area contributed by atoms with Gasteiger partial charge in [0.1, 0.15) is 62.6 Å². The Morgan fingerprint density at radius 2 is 0.936 bits per heavy atom. The smallest absolute Gasteiger partial charge is 0.433 e. The van der Waals surface area contributed by atoms with Crippen LogP contribution in [0, 0.1) is 36.7 Å². The zero-order valence-electron chi connectivity index (χ0n) is 74.8. The molecule has 14 aromatic rings. The summed E-state index contributed by atoms with van der Waals surface area (Å²) in [7, 11) is 2.98. The van der Waals surface area contributed by atoms with Crippen LogP contribution < -0.4 is 68.1 Å². The third-order valence-electron chi connectivity index (χ3n) is 16.6. The number of allylic oxidation sites excluding steroid dienone is 1. The molecule has 0 aliphatic heterocycles. The van der Waals surface area contributed by atoms with Gasteiger partial charge in [-0.1, -0.05) is 81.6 Å². The van der Waals surface area contributed by atoms with E-state index >= 15 is 0 Å². The van der Waals surface area contributed by atoms with Gasteiger partial charge in [-0.15, -0.1) is 11.3 Å². The molecule has 44 heteroatoms. The summed E-state index contributed by atoms with van der Waals surface area (Å²) in [5, 5.41) is 46.3. The Bertz CT molecular complexity index is 6610. The molecule has 8 heterocycles. The summed E-state index contributed by atoms with van der Waals surface area (Å²) in [4.78, 5) is 126. The second-order valence-corrected chi connectivity index (χ2v) is 29.5. The molecule has 14 rings (SSSR count). The fraction of sp³-hybridized carbons (Fsp3) is 0.0938. The lowest BCUT2D eigenvalue weighted by Crippen LogP contribution is -2.35. The van der Waals surface area contributed by atoms with Crippen LogP contribution in [0.15, 0.2) is 344 Å². The largest absolute Gasteiger partial charge is 0.493 e. The summed E-state index contributed by atoms with van der Waals surface area (Å²) in [5.74, 6) is 1.51. The Morgan fingerprint density at radius 1 is 0.450 bits per heavy atom. The van der Waals surface area contributed by atoms with E-state index in [-0.39, 0.29) is 59.9 Å². The van der Waals surface area contributed by atoms with E-state index in [1.54, 1.807) is 182 Å². The Kier molecular flexibility index (Phi) is 45.3. The number of nitrogens with zero attached hydrogens (tertiary/aromatic N) is 8. The summed E-state index contributed by atoms with van der Waals surface area (Å²) in [5.41, 5.74) is 19.7. The van der Waals surface area contributed by atoms with Crippen molar-refractivity contribution in [3.63, 3.8) is 0 Å². The Morgan fingerprint density at radius 3 is 1.44 bits per heavy atom. The minimum Gasteiger partial charge on any atom is -0.493 e. The van der Waals surface area contributed by atoms with Crippen LogP contribution in [0.1, 0.15) is 126 Å². The molecule has 0 saturated carbocycles. The van der Waals surface area contributed by atoms with Crippen LogP contribution in [0.4, 0.5) is 16.0 Å². The number of benzene rings is 6. The van der Waals surface area contributed by atoms with Gasteiger partial charge in [-0.3, -0.25) is 58.1 Å². The first-order valence-corrected chi connectivity index (χ1v) is 42.8. The number of carbonyl (C=O) groups excluding carboxylic acids is 10. The van der Waals surface area contributed by atoms with E-state index in [1.165, 1.54) is 113 Å². The second-order valence-electron chi connectivity index (χ2n) is 27.2. The van der Waals surface area contributed by atoms with Crippen molar-refractivity contribution in [1.82, 2.24) is 48.6 Å². The van der Waals surface area contributed by atoms with E-state index in [1.807, 2.05) is 62.5 Å². The van der Waals surface area contributed by atoms with E-state index in [0.717, 1.165) is 45.7 Å². The highest BCUT2D eigenvalue weighted by Gasteiger charge is 2.17. The third-order valence-corrected chi connectivity index (χ3v) is 18.2. The van der Waals surface area contributed by atoms with E-state index in [0.29, 0.717) is 83.9 Å². The Hall–Kier alpha value is -18.4. The number of carbonyl (C=O) groups is 10. The molecule has 0 fully saturated rings. The number of ether oxygens (including phenoxy) is 3. The lowest BCUT2D eigenvalue weighted by molar-refractivity contribution is -0.402. The number of methoxy groups -OCH3 is 2. The topological polar surface area (TPSA) is 540 Å². The van der Waals surface area contributed by atoms with Crippen molar-refractivity contribution in [3.05, 3.63) is 389 Å². The molecule has 0 aliphatic carbocycles. The SMILES string of the molecule is CC(=O)Nc1cccc(C(=O)N/N=C/c2ccc(C)o2)c1.COc1ccc(C(=O)NCC(=O)N/N=C/c2ccco2)cc1OC.Cc1ccc(/C=N/NC(=O)COc2cccc(Cl)c2)o1.Cc1ccc(C(=O)N/N=C\c2ccco2)cc1.O=C(CNC(=O)c1ccccc1F)N/N=C/c1ccc([N+](=O)[O-])o1.O=C(N/N=C/C=C\c1ccco1)c1cccs1.O=C(N/N=C/c1ccco1)c1cccc(Br)c1. The van der Waals surface area contributed by atoms with E-state index in [2.05, 4.69) is 106 Å². The molecule has 10 amide bonds. The van der Waals surface area contributed by atoms with Gasteiger partial charge in [-0.2, -0.15) is 35.7 Å². The van der Waals surface area contributed by atoms with Crippen molar-refractivity contribution in [2.45, 2.75) is 27.7 Å². The number of hydrogen-bond donors (Lipinski definition) is 10. The van der Waals surface area contributed by atoms with Gasteiger partial charge in [-0.05, 0) is 220 Å². The molecule has 40 nitrogen and oxygen atoms in total. The summed E-state index contributed by atoms with van der Waals surface area (Å²) >= 11 is 10.5. The van der Waals surface area contributed by atoms with Crippen molar-refractivity contribution in [2.75, 3.05) is 39.2 Å². The molecule has 0 atom stereocenters. The second kappa shape index (κ2) is 59.3. The average Bonchev–Trinajstić information content (AvgIpc) is 0.925. The third kappa shape index (κ3) is 41.0. The number of amides is 10. The minimum absolute atomic E-state index is 0.0670. The van der Waals surface area contributed by atoms with Gasteiger partial charge in [0, 0.05) is 50.6 Å². The summed E-state index contributed by atoms with van der Waals surface area (Å²) in [6, 6.07) is 64.9. The van der Waals surface area contributed by atoms with Crippen molar-refractivity contribution in [3.8, 4) is 17.2 Å². The summed E-state index contributed by atoms with van der Waals surface area (Å²) in [6.07, 6.45) is 19.2. The van der Waals surface area contributed by atoms with E-state index in [4.69, 9.17) is 56.7 Å². The molecule has 0 bridgehead atoms. The van der Waals surface area contributed by atoms with Gasteiger partial charge >= 0.3 is 5.88 Å². The number of aryl methyl sites for hydroxylation is 3. The van der Waals surface area contributed by atoms with Gasteiger partial charge < -0.3 is 61.1 Å². The van der Waals surface area contributed by atoms with Crippen molar-refractivity contribution < 1.29 is 102 Å². The lowest BCUT2D eigenvalue weighted by atomic mass is 10.1. The summed E-state index contributed by atoms with van der Waals surface area (Å²) in [6.45, 7) is 6.23. The van der Waals surface area contributed by atoms with Crippen LogP contribution in [0.5, 0.6) is 17.2 Å². The first kappa shape index (κ1) is 107. The first-order chi connectivity index (χ1) is 67.6. The predicted molar refractivity (Wildman–Crippen MR) is 522 cm³/mol. The highest BCUT2D eigenvalue weighted by Crippen LogP contribution is 2.28. The normalized spacial score (nSPS) is 10.7. The predicted octanol–water partition coefficient (Wildman–Crippen LogP) is 15.4. The average molecular weight is 2010 g/mol. The van der Waals surface area contributed by atoms with Crippen LogP contribution in [0.25, 0.3) is 6.08 Å². The fourth-order valence-corrected chi connectivity index (χ4v) is 11.4. The van der Waals surface area contributed by atoms with Crippen molar-refractivity contribution in [2.24, 2.45) is 35.7 Å². The fourth-order valence-electron chi connectivity index (χ4n) is 10.2. The molecule has 0 saturated heterocycles. The monoisotopic (exact) mass is 2010 g/mol. The van der Waals surface area contributed by atoms with E-state index in [9.17, 15) is 62.5 Å². The lowest BCUT2D eigenvalue weighted by Gasteiger charge is -2.09. The number of nitro groups is 1. The molecule has 0 aliphatic rings. The highest BCUT2D eigenvalue weighted by molar-refractivity contribution is 9.10. The maximum Gasteiger partial charge on any atom is 0.433 e. The van der Waals surface area contributed by atoms with Crippen LogP contribution >= 0.6 is 38.9 Å². The van der Waals surface area contributed by atoms with Gasteiger partial charge in [-0.25, -0.2) is 42.4 Å². The number of thiophene rings is 1. The van der Waals surface area contributed by atoms with Crippen LogP contribution in [0.3, 0.4) is 0 Å². The highest BCUT2D eigenvalue weighted by atomic mass is 79.9. The van der Waals surface area contributed by atoms with Crippen LogP contribution in [0.2, 0.25) is 5.02 Å². The van der Waals surface area contributed by atoms with Crippen molar-refractivity contribution in [1.29, 1.82) is 0 Å². The van der Waals surface area contributed by atoms with E-state index < -0.39 is 46.8 Å². The summed E-state index contributed by atoms with van der Waals surface area (Å²) < 4.78 is 65.2. The number of anilines is 1. The number of halogens is 3. The minimum atomic E-state index is -0.742. The zero-order chi connectivity index (χ0) is 101.